The van der Waals surface area contributed by atoms with Gasteiger partial charge in [0.15, 0.2) is 0 Å². The van der Waals surface area contributed by atoms with Crippen LogP contribution in [0.2, 0.25) is 0 Å². The molecule has 3 nitrogen and oxygen atoms in total. The third kappa shape index (κ3) is 2.13. The number of hydrogen-bond donors (Lipinski definition) is 1. The Labute approximate surface area is 87.8 Å². The van der Waals surface area contributed by atoms with Gasteiger partial charge in [0.05, 0.1) is 18.1 Å². The van der Waals surface area contributed by atoms with Gasteiger partial charge in [0.1, 0.15) is 0 Å². The van der Waals surface area contributed by atoms with Crippen LogP contribution in [0.3, 0.4) is 0 Å². The highest BCUT2D eigenvalue weighted by Crippen LogP contribution is 2.15. The van der Waals surface area contributed by atoms with Gasteiger partial charge in [-0.3, -0.25) is 9.78 Å². The number of aryl methyl sites for hydroxylation is 1. The summed E-state index contributed by atoms with van der Waals surface area (Å²) >= 11 is 0. The zero-order chi connectivity index (χ0) is 10.7. The molecule has 0 aliphatic carbocycles. The van der Waals surface area contributed by atoms with Gasteiger partial charge in [-0.05, 0) is 17.5 Å². The summed E-state index contributed by atoms with van der Waals surface area (Å²) in [6, 6.07) is 8.10. The van der Waals surface area contributed by atoms with Gasteiger partial charge >= 0.3 is 0 Å². The summed E-state index contributed by atoms with van der Waals surface area (Å²) in [5, 5.41) is 0. The SMILES string of the molecule is CCc1ccc(-c2cncc(=O)[nH]2)cc1. The Morgan fingerprint density at radius 3 is 2.53 bits per heavy atom. The van der Waals surface area contributed by atoms with E-state index < -0.39 is 0 Å². The lowest BCUT2D eigenvalue weighted by Crippen LogP contribution is -2.05. The van der Waals surface area contributed by atoms with Crippen molar-refractivity contribution in [1.29, 1.82) is 0 Å². The lowest BCUT2D eigenvalue weighted by molar-refractivity contribution is 1.13. The minimum absolute atomic E-state index is 0.174. The lowest BCUT2D eigenvalue weighted by atomic mass is 10.1. The quantitative estimate of drug-likeness (QED) is 0.805. The molecule has 0 spiro atoms. The number of H-pyrrole nitrogens is 1. The molecule has 0 aliphatic heterocycles. The van der Waals surface area contributed by atoms with E-state index in [4.69, 9.17) is 0 Å². The van der Waals surface area contributed by atoms with E-state index >= 15 is 0 Å². The molecule has 1 aromatic heterocycles. The highest BCUT2D eigenvalue weighted by Gasteiger charge is 1.98. The van der Waals surface area contributed by atoms with Gasteiger partial charge in [0, 0.05) is 0 Å². The van der Waals surface area contributed by atoms with E-state index in [0.717, 1.165) is 17.7 Å². The van der Waals surface area contributed by atoms with Crippen LogP contribution in [0.4, 0.5) is 0 Å². The van der Waals surface area contributed by atoms with Crippen molar-refractivity contribution in [3.8, 4) is 11.3 Å². The predicted molar refractivity (Wildman–Crippen MR) is 59.7 cm³/mol. The van der Waals surface area contributed by atoms with Crippen LogP contribution in [0, 0.1) is 0 Å². The van der Waals surface area contributed by atoms with Gasteiger partial charge < -0.3 is 4.98 Å². The lowest BCUT2D eigenvalue weighted by Gasteiger charge is -2.01. The van der Waals surface area contributed by atoms with Crippen molar-refractivity contribution in [3.05, 3.63) is 52.6 Å². The topological polar surface area (TPSA) is 45.8 Å². The summed E-state index contributed by atoms with van der Waals surface area (Å²) in [4.78, 5) is 17.7. The van der Waals surface area contributed by atoms with Crippen LogP contribution in [-0.4, -0.2) is 9.97 Å². The van der Waals surface area contributed by atoms with Gasteiger partial charge in [-0.25, -0.2) is 0 Å². The molecule has 15 heavy (non-hydrogen) atoms. The van der Waals surface area contributed by atoms with Crippen LogP contribution in [-0.2, 0) is 6.42 Å². The Morgan fingerprint density at radius 1 is 1.20 bits per heavy atom. The molecule has 3 heteroatoms. The van der Waals surface area contributed by atoms with Crippen molar-refractivity contribution in [3.63, 3.8) is 0 Å². The van der Waals surface area contributed by atoms with Gasteiger partial charge in [0.2, 0.25) is 0 Å². The van der Waals surface area contributed by atoms with Gasteiger partial charge in [0.25, 0.3) is 5.56 Å². The van der Waals surface area contributed by atoms with E-state index in [1.165, 1.54) is 11.8 Å². The molecule has 76 valence electrons. The maximum absolute atomic E-state index is 11.1. The second-order valence-electron chi connectivity index (χ2n) is 3.36. The van der Waals surface area contributed by atoms with E-state index in [-0.39, 0.29) is 5.56 Å². The first-order chi connectivity index (χ1) is 7.29. The highest BCUT2D eigenvalue weighted by atomic mass is 16.1. The van der Waals surface area contributed by atoms with Crippen molar-refractivity contribution < 1.29 is 0 Å². The van der Waals surface area contributed by atoms with E-state index in [1.807, 2.05) is 12.1 Å². The molecule has 2 rings (SSSR count). The van der Waals surface area contributed by atoms with Crippen LogP contribution < -0.4 is 5.56 Å². The Hall–Kier alpha value is -1.90. The van der Waals surface area contributed by atoms with Crippen LogP contribution in [0.25, 0.3) is 11.3 Å². The Balaban J connectivity index is 2.41. The summed E-state index contributed by atoms with van der Waals surface area (Å²) in [7, 11) is 0. The van der Waals surface area contributed by atoms with Gasteiger partial charge in [-0.1, -0.05) is 31.2 Å². The molecular weight excluding hydrogens is 188 g/mol. The first-order valence-corrected chi connectivity index (χ1v) is 4.93. The molecule has 0 atom stereocenters. The molecule has 0 unspecified atom stereocenters. The first kappa shape index (κ1) is 9.65. The Kier molecular flexibility index (Phi) is 2.63. The summed E-state index contributed by atoms with van der Waals surface area (Å²) in [6.45, 7) is 2.11. The van der Waals surface area contributed by atoms with Crippen molar-refractivity contribution in [2.75, 3.05) is 0 Å². The van der Waals surface area contributed by atoms with E-state index in [0.29, 0.717) is 0 Å². The number of hydrogen-bond acceptors (Lipinski definition) is 2. The number of nitrogens with zero attached hydrogens (tertiary/aromatic N) is 1. The molecule has 0 saturated carbocycles. The maximum Gasteiger partial charge on any atom is 0.266 e. The average molecular weight is 200 g/mol. The predicted octanol–water partition coefficient (Wildman–Crippen LogP) is 2.00. The zero-order valence-electron chi connectivity index (χ0n) is 8.53. The zero-order valence-corrected chi connectivity index (χ0v) is 8.53. The van der Waals surface area contributed by atoms with Crippen LogP contribution >= 0.6 is 0 Å². The smallest absolute Gasteiger partial charge is 0.266 e. The Morgan fingerprint density at radius 2 is 1.93 bits per heavy atom. The third-order valence-electron chi connectivity index (χ3n) is 2.33. The fourth-order valence-electron chi connectivity index (χ4n) is 1.44. The summed E-state index contributed by atoms with van der Waals surface area (Å²) < 4.78 is 0. The normalized spacial score (nSPS) is 10.2. The van der Waals surface area contributed by atoms with E-state index in [9.17, 15) is 4.79 Å². The number of aromatic amines is 1. The largest absolute Gasteiger partial charge is 0.319 e. The van der Waals surface area contributed by atoms with Crippen molar-refractivity contribution in [2.45, 2.75) is 13.3 Å². The van der Waals surface area contributed by atoms with Crippen LogP contribution in [0.5, 0.6) is 0 Å². The molecule has 2 aromatic rings. The summed E-state index contributed by atoms with van der Waals surface area (Å²) in [5.41, 5.74) is 2.85. The fraction of sp³-hybridized carbons (Fsp3) is 0.167. The van der Waals surface area contributed by atoms with Crippen molar-refractivity contribution >= 4 is 0 Å². The second kappa shape index (κ2) is 4.09. The monoisotopic (exact) mass is 200 g/mol. The van der Waals surface area contributed by atoms with E-state index in [1.54, 1.807) is 6.20 Å². The number of benzene rings is 1. The molecule has 1 heterocycles. The average Bonchev–Trinajstić information content (AvgIpc) is 2.29. The second-order valence-corrected chi connectivity index (χ2v) is 3.36. The van der Waals surface area contributed by atoms with Crippen molar-refractivity contribution in [2.24, 2.45) is 0 Å². The molecule has 0 aliphatic rings. The molecule has 1 N–H and O–H groups in total. The van der Waals surface area contributed by atoms with Crippen LogP contribution in [0.15, 0.2) is 41.5 Å². The summed E-state index contributed by atoms with van der Waals surface area (Å²) in [6.07, 6.45) is 3.94. The molecule has 0 fully saturated rings. The molecule has 1 aromatic carbocycles. The minimum Gasteiger partial charge on any atom is -0.319 e. The van der Waals surface area contributed by atoms with Crippen LogP contribution in [0.1, 0.15) is 12.5 Å². The van der Waals surface area contributed by atoms with E-state index in [2.05, 4.69) is 29.0 Å². The standard InChI is InChI=1S/C12H12N2O/c1-2-9-3-5-10(6-4-9)11-7-13-8-12(15)14-11/h3-8H,2H2,1H3,(H,14,15). The van der Waals surface area contributed by atoms with Gasteiger partial charge in [-0.2, -0.15) is 0 Å². The molecule has 0 radical (unpaired) electrons. The molecule has 0 saturated heterocycles. The minimum atomic E-state index is -0.174. The maximum atomic E-state index is 11.1. The first-order valence-electron chi connectivity index (χ1n) is 4.93. The Bertz CT molecular complexity index is 500. The van der Waals surface area contributed by atoms with Crippen molar-refractivity contribution in [1.82, 2.24) is 9.97 Å². The summed E-state index contributed by atoms with van der Waals surface area (Å²) in [5.74, 6) is 0. The number of rotatable bonds is 2. The molecular formula is C12H12N2O. The molecule has 0 amide bonds. The highest BCUT2D eigenvalue weighted by molar-refractivity contribution is 5.57. The van der Waals surface area contributed by atoms with Gasteiger partial charge in [-0.15, -0.1) is 0 Å². The number of nitrogens with one attached hydrogen (secondary N) is 1. The fourth-order valence-corrected chi connectivity index (χ4v) is 1.44. The number of aromatic nitrogens is 2. The molecule has 0 bridgehead atoms. The third-order valence-corrected chi connectivity index (χ3v) is 2.33.